The molecule has 174 valence electrons. The van der Waals surface area contributed by atoms with E-state index in [1.165, 1.54) is 6.20 Å². The zero-order valence-electron chi connectivity index (χ0n) is 17.5. The van der Waals surface area contributed by atoms with Crippen molar-refractivity contribution < 1.29 is 31.9 Å². The first-order valence-corrected chi connectivity index (χ1v) is 11.5. The van der Waals surface area contributed by atoms with Gasteiger partial charge in [-0.25, -0.2) is 17.8 Å². The van der Waals surface area contributed by atoms with Gasteiger partial charge >= 0.3 is 0 Å². The van der Waals surface area contributed by atoms with Crippen molar-refractivity contribution in [2.75, 3.05) is 6.54 Å². The fraction of sp³-hybridized carbons (Fsp3) is 0.450. The molecule has 1 aliphatic rings. The van der Waals surface area contributed by atoms with E-state index in [2.05, 4.69) is 20.3 Å². The number of hydrogen-bond acceptors (Lipinski definition) is 7. The van der Waals surface area contributed by atoms with Crippen LogP contribution in [-0.4, -0.2) is 55.1 Å². The zero-order chi connectivity index (χ0) is 23.5. The van der Waals surface area contributed by atoms with Crippen LogP contribution in [0.5, 0.6) is 0 Å². The minimum atomic E-state index is -4.14. The van der Waals surface area contributed by atoms with Crippen LogP contribution in [0.1, 0.15) is 25.5 Å². The number of rotatable bonds is 6. The average Bonchev–Trinajstić information content (AvgIpc) is 3.17. The molecule has 3 unspecified atom stereocenters. The minimum absolute atomic E-state index is 0.0736. The van der Waals surface area contributed by atoms with Crippen LogP contribution in [0.25, 0.3) is 0 Å². The maximum Gasteiger partial charge on any atom is 0.251 e. The molecule has 1 aliphatic heterocycles. The van der Waals surface area contributed by atoms with Crippen molar-refractivity contribution in [3.05, 3.63) is 47.9 Å². The summed E-state index contributed by atoms with van der Waals surface area (Å²) in [5.41, 5.74) is 0. The number of nitrogens with one attached hydrogen (secondary N) is 3. The summed E-state index contributed by atoms with van der Waals surface area (Å²) in [6.07, 6.45) is 0.235. The van der Waals surface area contributed by atoms with Gasteiger partial charge in [-0.2, -0.15) is 4.72 Å². The Kier molecular flexibility index (Phi) is 7.26. The fourth-order valence-corrected chi connectivity index (χ4v) is 4.54. The molecule has 0 saturated carbocycles. The third-order valence-corrected chi connectivity index (χ3v) is 6.46. The van der Waals surface area contributed by atoms with Crippen LogP contribution < -0.4 is 15.4 Å². The van der Waals surface area contributed by atoms with Gasteiger partial charge in [0.25, 0.3) is 5.91 Å². The fourth-order valence-electron chi connectivity index (χ4n) is 3.20. The Hall–Kier alpha value is -2.83. The first-order valence-electron chi connectivity index (χ1n) is 10.0. The molecule has 0 fully saturated rings. The molecular formula is C20H25FN4O6S. The van der Waals surface area contributed by atoms with Gasteiger partial charge in [-0.1, -0.05) is 13.8 Å². The molecule has 32 heavy (non-hydrogen) atoms. The van der Waals surface area contributed by atoms with Crippen molar-refractivity contribution >= 4 is 21.8 Å². The highest BCUT2D eigenvalue weighted by Crippen LogP contribution is 2.15. The number of aliphatic hydroxyl groups is 1. The van der Waals surface area contributed by atoms with E-state index in [1.54, 1.807) is 13.8 Å². The number of carbonyl (C=O) groups excluding carboxylic acids is 2. The van der Waals surface area contributed by atoms with Crippen LogP contribution in [0.2, 0.25) is 0 Å². The van der Waals surface area contributed by atoms with Gasteiger partial charge in [0.05, 0.1) is 17.1 Å². The van der Waals surface area contributed by atoms with Gasteiger partial charge in [-0.15, -0.1) is 0 Å². The van der Waals surface area contributed by atoms with E-state index in [-0.39, 0.29) is 23.8 Å². The summed E-state index contributed by atoms with van der Waals surface area (Å²) >= 11 is 0. The monoisotopic (exact) mass is 468 g/mol. The predicted molar refractivity (Wildman–Crippen MR) is 110 cm³/mol. The van der Waals surface area contributed by atoms with Gasteiger partial charge in [0, 0.05) is 19.4 Å². The van der Waals surface area contributed by atoms with E-state index in [1.807, 2.05) is 0 Å². The van der Waals surface area contributed by atoms with Crippen LogP contribution >= 0.6 is 0 Å². The number of benzene rings is 1. The number of halogens is 1. The molecule has 1 aromatic heterocycles. The zero-order valence-corrected chi connectivity index (χ0v) is 18.4. The minimum Gasteiger partial charge on any atom is -0.446 e. The molecule has 2 heterocycles. The molecule has 10 nitrogen and oxygen atoms in total. The van der Waals surface area contributed by atoms with E-state index in [4.69, 9.17) is 4.42 Å². The van der Waals surface area contributed by atoms with Crippen molar-refractivity contribution in [2.24, 2.45) is 5.92 Å². The molecule has 1 aromatic carbocycles. The molecule has 4 N–H and O–H groups in total. The predicted octanol–water partition coefficient (Wildman–Crippen LogP) is -0.123. The maximum atomic E-state index is 13.1. The maximum absolute atomic E-state index is 13.1. The lowest BCUT2D eigenvalue weighted by Gasteiger charge is -2.27. The first-order chi connectivity index (χ1) is 15.1. The molecule has 2 amide bonds. The molecule has 2 aromatic rings. The highest BCUT2D eigenvalue weighted by Gasteiger charge is 2.34. The normalized spacial score (nSPS) is 20.5. The number of sulfonamides is 1. The van der Waals surface area contributed by atoms with Crippen molar-refractivity contribution in [3.63, 3.8) is 0 Å². The number of fused-ring (bicyclic) bond motifs is 2. The first kappa shape index (κ1) is 23.8. The van der Waals surface area contributed by atoms with Gasteiger partial charge in [-0.3, -0.25) is 9.59 Å². The van der Waals surface area contributed by atoms with E-state index in [0.717, 1.165) is 24.3 Å². The summed E-state index contributed by atoms with van der Waals surface area (Å²) in [7, 11) is -4.14. The highest BCUT2D eigenvalue weighted by molar-refractivity contribution is 7.89. The summed E-state index contributed by atoms with van der Waals surface area (Å²) in [6, 6.07) is 1.84. The Bertz CT molecular complexity index is 1070. The molecule has 2 bridgehead atoms. The second kappa shape index (κ2) is 9.76. The lowest BCUT2D eigenvalue weighted by Crippen LogP contribution is -2.57. The SMILES string of the molecule is CC(C)C(NS(=O)(=O)c1ccc(F)cc1)C(=O)NC1Cc2ncc(o2)CCNC(=O)C1O. The number of nitrogens with zero attached hydrogens (tertiary/aromatic N) is 1. The van der Waals surface area contributed by atoms with E-state index >= 15 is 0 Å². The smallest absolute Gasteiger partial charge is 0.251 e. The molecule has 12 heteroatoms. The van der Waals surface area contributed by atoms with E-state index < -0.39 is 51.8 Å². The molecule has 0 aliphatic carbocycles. The van der Waals surface area contributed by atoms with Crippen LogP contribution in [0.4, 0.5) is 4.39 Å². The molecule has 3 atom stereocenters. The highest BCUT2D eigenvalue weighted by atomic mass is 32.2. The van der Waals surface area contributed by atoms with Gasteiger partial charge < -0.3 is 20.2 Å². The quantitative estimate of drug-likeness (QED) is 0.461. The molecular weight excluding hydrogens is 443 g/mol. The van der Waals surface area contributed by atoms with Crippen LogP contribution in [-0.2, 0) is 32.5 Å². The van der Waals surface area contributed by atoms with Crippen molar-refractivity contribution in [3.8, 4) is 0 Å². The Labute approximate surface area is 184 Å². The number of hydrogen-bond donors (Lipinski definition) is 4. The Morgan fingerprint density at radius 1 is 1.31 bits per heavy atom. The van der Waals surface area contributed by atoms with Gasteiger partial charge in [0.2, 0.25) is 15.9 Å². The molecule has 0 radical (unpaired) electrons. The molecule has 3 rings (SSSR count). The molecule has 0 saturated heterocycles. The Morgan fingerprint density at radius 2 is 2.00 bits per heavy atom. The summed E-state index contributed by atoms with van der Waals surface area (Å²) in [4.78, 5) is 29.1. The lowest BCUT2D eigenvalue weighted by molar-refractivity contribution is -0.132. The van der Waals surface area contributed by atoms with Gasteiger partial charge in [-0.05, 0) is 30.2 Å². The lowest BCUT2D eigenvalue weighted by atomic mass is 10.0. The van der Waals surface area contributed by atoms with Crippen LogP contribution in [0, 0.1) is 11.7 Å². The topological polar surface area (TPSA) is 151 Å². The number of amides is 2. The summed E-state index contributed by atoms with van der Waals surface area (Å²) in [5, 5.41) is 15.6. The van der Waals surface area contributed by atoms with Crippen LogP contribution in [0.15, 0.2) is 39.8 Å². The van der Waals surface area contributed by atoms with Crippen molar-refractivity contribution in [1.82, 2.24) is 20.3 Å². The van der Waals surface area contributed by atoms with Gasteiger partial charge in [0.15, 0.2) is 12.0 Å². The number of aromatic nitrogens is 1. The Balaban J connectivity index is 1.80. The third-order valence-electron chi connectivity index (χ3n) is 5.00. The third kappa shape index (κ3) is 5.69. The van der Waals surface area contributed by atoms with Crippen molar-refractivity contribution in [1.29, 1.82) is 0 Å². The summed E-state index contributed by atoms with van der Waals surface area (Å²) in [5.74, 6) is -1.72. The summed E-state index contributed by atoms with van der Waals surface area (Å²) < 4.78 is 46.4. The number of oxazole rings is 1. The van der Waals surface area contributed by atoms with Crippen LogP contribution in [0.3, 0.4) is 0 Å². The average molecular weight is 469 g/mol. The van der Waals surface area contributed by atoms with Crippen molar-refractivity contribution in [2.45, 2.75) is 49.8 Å². The summed E-state index contributed by atoms with van der Waals surface area (Å²) in [6.45, 7) is 3.49. The largest absolute Gasteiger partial charge is 0.446 e. The van der Waals surface area contributed by atoms with E-state index in [9.17, 15) is 27.5 Å². The molecule has 0 spiro atoms. The number of carbonyl (C=O) groups is 2. The van der Waals surface area contributed by atoms with Gasteiger partial charge in [0.1, 0.15) is 17.6 Å². The second-order valence-corrected chi connectivity index (χ2v) is 9.54. The second-order valence-electron chi connectivity index (χ2n) is 7.82. The standard InChI is InChI=1S/C20H25FN4O6S/c1-11(2)17(25-32(29,30)14-5-3-12(21)4-6-14)19(27)24-15-9-16-23-10-13(31-16)7-8-22-20(28)18(15)26/h3-6,10-11,15,17-18,25-26H,7-9H2,1-2H3,(H,22,28)(H,24,27). The number of aliphatic hydroxyl groups excluding tert-OH is 1. The van der Waals surface area contributed by atoms with E-state index in [0.29, 0.717) is 12.2 Å². The Morgan fingerprint density at radius 3 is 2.66 bits per heavy atom.